The number of carbonyl (C=O) groups is 1. The molecule has 1 fully saturated rings. The van der Waals surface area contributed by atoms with Gasteiger partial charge in [0.05, 0.1) is 17.6 Å². The van der Waals surface area contributed by atoms with Gasteiger partial charge in [0.1, 0.15) is 0 Å². The maximum atomic E-state index is 10.9. The lowest BCUT2D eigenvalue weighted by Gasteiger charge is -2.01. The topological polar surface area (TPSA) is 60.9 Å². The van der Waals surface area contributed by atoms with Crippen molar-refractivity contribution < 1.29 is 4.79 Å². The van der Waals surface area contributed by atoms with Crippen LogP contribution < -0.4 is 5.73 Å². The van der Waals surface area contributed by atoms with E-state index in [4.69, 9.17) is 5.73 Å². The lowest BCUT2D eigenvalue weighted by atomic mass is 10.1. The molecule has 0 amide bonds. The summed E-state index contributed by atoms with van der Waals surface area (Å²) in [5.74, 6) is 0.146. The second kappa shape index (κ2) is 2.17. The van der Waals surface area contributed by atoms with Gasteiger partial charge in [0.15, 0.2) is 5.78 Å². The van der Waals surface area contributed by atoms with Gasteiger partial charge in [-0.2, -0.15) is 0 Å². The first-order chi connectivity index (χ1) is 5.60. The molecule has 64 valence electrons. The quantitative estimate of drug-likeness (QED) is 0.650. The third-order valence-corrected chi connectivity index (χ3v) is 2.16. The maximum absolute atomic E-state index is 10.9. The van der Waals surface area contributed by atoms with Crippen molar-refractivity contribution in [2.75, 3.05) is 0 Å². The number of nitrogens with two attached hydrogens (primary N) is 1. The summed E-state index contributed by atoms with van der Waals surface area (Å²) in [4.78, 5) is 15.0. The van der Waals surface area contributed by atoms with E-state index in [0.29, 0.717) is 12.8 Å². The molecular weight excluding hydrogens is 154 g/mol. The van der Waals surface area contributed by atoms with Gasteiger partial charge < -0.3 is 10.3 Å². The van der Waals surface area contributed by atoms with Gasteiger partial charge in [-0.15, -0.1) is 0 Å². The number of aromatic nitrogens is 2. The number of Topliss-reactive ketones (excluding diaryl/α,β-unsaturated/α-hetero) is 1. The van der Waals surface area contributed by atoms with Gasteiger partial charge in [0.25, 0.3) is 0 Å². The summed E-state index contributed by atoms with van der Waals surface area (Å²) < 4.78 is 1.85. The molecule has 1 aromatic rings. The summed E-state index contributed by atoms with van der Waals surface area (Å²) >= 11 is 0. The van der Waals surface area contributed by atoms with E-state index in [1.165, 1.54) is 0 Å². The van der Waals surface area contributed by atoms with Crippen molar-refractivity contribution in [3.05, 3.63) is 18.2 Å². The van der Waals surface area contributed by atoms with E-state index in [1.807, 2.05) is 17.8 Å². The molecule has 1 aliphatic rings. The molecule has 0 bridgehead atoms. The minimum Gasteiger partial charge on any atom is -0.340 e. The fraction of sp³-hybridized carbons (Fsp3) is 0.500. The third-order valence-electron chi connectivity index (χ3n) is 2.16. The molecule has 1 aliphatic carbocycles. The zero-order valence-corrected chi connectivity index (χ0v) is 6.95. The van der Waals surface area contributed by atoms with Crippen LogP contribution >= 0.6 is 0 Å². The Balaban J connectivity index is 2.10. The van der Waals surface area contributed by atoms with Crippen molar-refractivity contribution in [3.8, 4) is 0 Å². The zero-order valence-electron chi connectivity index (χ0n) is 6.95. The Hall–Kier alpha value is -1.16. The molecular formula is C8H11N3O. The van der Waals surface area contributed by atoms with Crippen LogP contribution in [-0.2, 0) is 18.3 Å². The Bertz CT molecular complexity index is 331. The molecule has 0 radical (unpaired) electrons. The summed E-state index contributed by atoms with van der Waals surface area (Å²) in [5, 5.41) is 0. The molecule has 1 saturated carbocycles. The van der Waals surface area contributed by atoms with Crippen LogP contribution in [0.15, 0.2) is 12.5 Å². The van der Waals surface area contributed by atoms with Gasteiger partial charge in [-0.1, -0.05) is 0 Å². The van der Waals surface area contributed by atoms with E-state index in [0.717, 1.165) is 5.69 Å². The standard InChI is InChI=1S/C8H11N3O/c1-11-4-6(10-5-11)2-8(9)3-7(8)12/h4-5H,2-3,9H2,1H3. The van der Waals surface area contributed by atoms with Gasteiger partial charge in [0.2, 0.25) is 0 Å². The minimum absolute atomic E-state index is 0.146. The largest absolute Gasteiger partial charge is 0.340 e. The van der Waals surface area contributed by atoms with Gasteiger partial charge in [-0.05, 0) is 0 Å². The Kier molecular flexibility index (Phi) is 1.35. The molecule has 0 aromatic carbocycles. The summed E-state index contributed by atoms with van der Waals surface area (Å²) in [6.45, 7) is 0. The van der Waals surface area contributed by atoms with Crippen molar-refractivity contribution in [2.24, 2.45) is 12.8 Å². The highest BCUT2D eigenvalue weighted by Crippen LogP contribution is 2.30. The molecule has 2 rings (SSSR count). The summed E-state index contributed by atoms with van der Waals surface area (Å²) in [6.07, 6.45) is 4.68. The van der Waals surface area contributed by atoms with E-state index >= 15 is 0 Å². The monoisotopic (exact) mass is 165 g/mol. The Morgan fingerprint density at radius 2 is 2.50 bits per heavy atom. The fourth-order valence-electron chi connectivity index (χ4n) is 1.28. The molecule has 12 heavy (non-hydrogen) atoms. The number of aryl methyl sites for hydroxylation is 1. The second-order valence-corrected chi connectivity index (χ2v) is 3.46. The zero-order chi connectivity index (χ0) is 8.77. The molecule has 0 saturated heterocycles. The molecule has 2 N–H and O–H groups in total. The summed E-state index contributed by atoms with van der Waals surface area (Å²) in [6, 6.07) is 0. The van der Waals surface area contributed by atoms with E-state index in [1.54, 1.807) is 6.33 Å². The fourth-order valence-corrected chi connectivity index (χ4v) is 1.28. The predicted octanol–water partition coefficient (Wildman–Crippen LogP) is -0.367. The van der Waals surface area contributed by atoms with Crippen LogP contribution in [0.2, 0.25) is 0 Å². The molecule has 1 atom stereocenters. The second-order valence-electron chi connectivity index (χ2n) is 3.46. The van der Waals surface area contributed by atoms with Gasteiger partial charge in [-0.3, -0.25) is 4.79 Å². The molecule has 1 unspecified atom stereocenters. The van der Waals surface area contributed by atoms with E-state index < -0.39 is 5.54 Å². The first-order valence-electron chi connectivity index (χ1n) is 3.89. The highest BCUT2D eigenvalue weighted by atomic mass is 16.1. The van der Waals surface area contributed by atoms with E-state index in [9.17, 15) is 4.79 Å². The van der Waals surface area contributed by atoms with Crippen LogP contribution in [-0.4, -0.2) is 20.9 Å². The number of hydrogen-bond acceptors (Lipinski definition) is 3. The Morgan fingerprint density at radius 3 is 2.92 bits per heavy atom. The van der Waals surface area contributed by atoms with Crippen molar-refractivity contribution in [1.82, 2.24) is 9.55 Å². The Morgan fingerprint density at radius 1 is 1.83 bits per heavy atom. The average molecular weight is 165 g/mol. The number of carbonyl (C=O) groups excluding carboxylic acids is 1. The van der Waals surface area contributed by atoms with Crippen LogP contribution in [0, 0.1) is 0 Å². The minimum atomic E-state index is -0.589. The highest BCUT2D eigenvalue weighted by Gasteiger charge is 2.50. The van der Waals surface area contributed by atoms with Crippen LogP contribution in [0.1, 0.15) is 12.1 Å². The van der Waals surface area contributed by atoms with Crippen molar-refractivity contribution in [2.45, 2.75) is 18.4 Å². The van der Waals surface area contributed by atoms with Crippen molar-refractivity contribution in [1.29, 1.82) is 0 Å². The van der Waals surface area contributed by atoms with Gasteiger partial charge >= 0.3 is 0 Å². The van der Waals surface area contributed by atoms with Crippen LogP contribution in [0.3, 0.4) is 0 Å². The smallest absolute Gasteiger partial charge is 0.155 e. The van der Waals surface area contributed by atoms with Gasteiger partial charge in [0, 0.05) is 26.1 Å². The number of hydrogen-bond donors (Lipinski definition) is 1. The van der Waals surface area contributed by atoms with E-state index in [-0.39, 0.29) is 5.78 Å². The van der Waals surface area contributed by atoms with Crippen LogP contribution in [0.25, 0.3) is 0 Å². The van der Waals surface area contributed by atoms with Gasteiger partial charge in [-0.25, -0.2) is 4.98 Å². The lowest BCUT2D eigenvalue weighted by molar-refractivity contribution is -0.111. The average Bonchev–Trinajstić information content (AvgIpc) is 2.42. The normalized spacial score (nSPS) is 27.7. The SMILES string of the molecule is Cn1cnc(CC2(N)CC2=O)c1. The van der Waals surface area contributed by atoms with Crippen LogP contribution in [0.4, 0.5) is 0 Å². The highest BCUT2D eigenvalue weighted by molar-refractivity contribution is 6.05. The molecule has 4 nitrogen and oxygen atoms in total. The Labute approximate surface area is 70.4 Å². The molecule has 1 heterocycles. The number of imidazole rings is 1. The molecule has 0 spiro atoms. The number of rotatable bonds is 2. The maximum Gasteiger partial charge on any atom is 0.155 e. The summed E-state index contributed by atoms with van der Waals surface area (Å²) in [5.41, 5.74) is 6.04. The first-order valence-corrected chi connectivity index (χ1v) is 3.89. The summed E-state index contributed by atoms with van der Waals surface area (Å²) in [7, 11) is 1.90. The predicted molar refractivity (Wildman–Crippen MR) is 43.5 cm³/mol. The molecule has 1 aromatic heterocycles. The first kappa shape index (κ1) is 7.49. The number of nitrogens with zero attached hydrogens (tertiary/aromatic N) is 2. The lowest BCUT2D eigenvalue weighted by Crippen LogP contribution is -2.28. The molecule has 4 heteroatoms. The van der Waals surface area contributed by atoms with Crippen LogP contribution in [0.5, 0.6) is 0 Å². The van der Waals surface area contributed by atoms with Crippen molar-refractivity contribution in [3.63, 3.8) is 0 Å². The van der Waals surface area contributed by atoms with E-state index in [2.05, 4.69) is 4.98 Å². The van der Waals surface area contributed by atoms with Crippen molar-refractivity contribution >= 4 is 5.78 Å². The molecule has 0 aliphatic heterocycles. The third kappa shape index (κ3) is 1.14. The number of ketones is 1.